The highest BCUT2D eigenvalue weighted by molar-refractivity contribution is 7.48. The average molecular weight is 402 g/mol. The molecule has 4 nitrogen and oxygen atoms in total. The Labute approximate surface area is 169 Å². The second kappa shape index (κ2) is 8.36. The van der Waals surface area contributed by atoms with Gasteiger partial charge in [-0.25, -0.2) is 4.57 Å². The first kappa shape index (κ1) is 19.0. The zero-order chi connectivity index (χ0) is 20.1. The highest BCUT2D eigenvalue weighted by Gasteiger charge is 2.27. The summed E-state index contributed by atoms with van der Waals surface area (Å²) < 4.78 is 23.8. The van der Waals surface area contributed by atoms with Crippen molar-refractivity contribution in [3.63, 3.8) is 0 Å². The number of benzene rings is 4. The van der Waals surface area contributed by atoms with Gasteiger partial charge in [0.25, 0.3) is 0 Å². The van der Waals surface area contributed by atoms with E-state index in [9.17, 15) is 9.46 Å². The van der Waals surface area contributed by atoms with Crippen LogP contribution >= 0.6 is 7.82 Å². The Morgan fingerprint density at radius 3 is 1.28 bits per heavy atom. The number of hydrogen-bond acceptors (Lipinski definition) is 3. The maximum absolute atomic E-state index is 12.8. The van der Waals surface area contributed by atoms with Gasteiger partial charge in [-0.2, -0.15) is 0 Å². The molecule has 0 atom stereocenters. The van der Waals surface area contributed by atoms with Crippen LogP contribution < -0.4 is 9.05 Å². The van der Waals surface area contributed by atoms with Gasteiger partial charge in [0, 0.05) is 11.1 Å². The standard InChI is InChI=1S/C24H19O4P/c25-29(26,27-23-17-9-7-15-21(23)19-11-3-1-4-12-19)28-24-18-10-8-16-22(24)20-13-5-2-6-14-20/h1-18H,(H,25,26). The maximum Gasteiger partial charge on any atom is 0.584 e. The normalized spacial score (nSPS) is 11.1. The van der Waals surface area contributed by atoms with E-state index in [0.717, 1.165) is 11.1 Å². The zero-order valence-electron chi connectivity index (χ0n) is 15.5. The number of hydrogen-bond donors (Lipinski definition) is 1. The van der Waals surface area contributed by atoms with Crippen LogP contribution in [0.25, 0.3) is 22.3 Å². The van der Waals surface area contributed by atoms with Crippen LogP contribution in [0.4, 0.5) is 0 Å². The predicted molar refractivity (Wildman–Crippen MR) is 115 cm³/mol. The highest BCUT2D eigenvalue weighted by atomic mass is 31.2. The van der Waals surface area contributed by atoms with Crippen molar-refractivity contribution >= 4 is 7.82 Å². The van der Waals surface area contributed by atoms with Crippen LogP contribution in [-0.2, 0) is 4.57 Å². The summed E-state index contributed by atoms with van der Waals surface area (Å²) in [5.74, 6) is 0.559. The first-order valence-electron chi connectivity index (χ1n) is 9.13. The minimum absolute atomic E-state index is 0.279. The van der Waals surface area contributed by atoms with Gasteiger partial charge in [0.2, 0.25) is 0 Å². The second-order valence-corrected chi connectivity index (χ2v) is 7.68. The molecule has 4 aromatic carbocycles. The summed E-state index contributed by atoms with van der Waals surface area (Å²) in [6.45, 7) is 0. The van der Waals surface area contributed by atoms with Crippen LogP contribution in [-0.4, -0.2) is 4.89 Å². The van der Waals surface area contributed by atoms with E-state index >= 15 is 0 Å². The molecular formula is C24H19O4P. The lowest BCUT2D eigenvalue weighted by molar-refractivity contribution is 0.291. The SMILES string of the molecule is O=P(O)(Oc1ccccc1-c1ccccc1)Oc1ccccc1-c1ccccc1. The Morgan fingerprint density at radius 2 is 0.862 bits per heavy atom. The summed E-state index contributed by atoms with van der Waals surface area (Å²) in [6.07, 6.45) is 0. The van der Waals surface area contributed by atoms with E-state index in [1.807, 2.05) is 84.9 Å². The monoisotopic (exact) mass is 402 g/mol. The minimum atomic E-state index is -4.43. The lowest BCUT2D eigenvalue weighted by atomic mass is 10.1. The third kappa shape index (κ3) is 4.57. The summed E-state index contributed by atoms with van der Waals surface area (Å²) in [4.78, 5) is 10.5. The summed E-state index contributed by atoms with van der Waals surface area (Å²) in [5.41, 5.74) is 3.19. The van der Waals surface area contributed by atoms with Gasteiger partial charge in [-0.05, 0) is 23.3 Å². The fourth-order valence-electron chi connectivity index (χ4n) is 3.07. The van der Waals surface area contributed by atoms with Gasteiger partial charge in [0.15, 0.2) is 0 Å². The molecule has 4 rings (SSSR count). The third-order valence-corrected chi connectivity index (χ3v) is 5.23. The summed E-state index contributed by atoms with van der Waals surface area (Å²) >= 11 is 0. The van der Waals surface area contributed by atoms with Crippen molar-refractivity contribution in [2.45, 2.75) is 0 Å². The molecule has 0 bridgehead atoms. The van der Waals surface area contributed by atoms with E-state index in [1.54, 1.807) is 24.3 Å². The molecule has 0 heterocycles. The molecule has 0 spiro atoms. The molecule has 5 heteroatoms. The smallest absolute Gasteiger partial charge is 0.395 e. The fourth-order valence-corrected chi connectivity index (χ4v) is 3.92. The van der Waals surface area contributed by atoms with Crippen LogP contribution in [0.5, 0.6) is 11.5 Å². The summed E-state index contributed by atoms with van der Waals surface area (Å²) in [7, 11) is -4.43. The third-order valence-electron chi connectivity index (χ3n) is 4.37. The first-order chi connectivity index (χ1) is 14.1. The summed E-state index contributed by atoms with van der Waals surface area (Å²) in [6, 6.07) is 33.2. The van der Waals surface area contributed by atoms with Crippen molar-refractivity contribution < 1.29 is 18.5 Å². The Balaban J connectivity index is 1.63. The molecule has 29 heavy (non-hydrogen) atoms. The molecule has 0 saturated carbocycles. The molecule has 0 aliphatic heterocycles. The average Bonchev–Trinajstić information content (AvgIpc) is 2.75. The van der Waals surface area contributed by atoms with Crippen LogP contribution in [0, 0.1) is 0 Å². The van der Waals surface area contributed by atoms with Gasteiger partial charge in [-0.3, -0.25) is 4.89 Å². The second-order valence-electron chi connectivity index (χ2n) is 6.38. The van der Waals surface area contributed by atoms with E-state index in [4.69, 9.17) is 9.05 Å². The van der Waals surface area contributed by atoms with Crippen LogP contribution in [0.2, 0.25) is 0 Å². The van der Waals surface area contributed by atoms with Crippen molar-refractivity contribution in [1.82, 2.24) is 0 Å². The molecule has 4 aromatic rings. The van der Waals surface area contributed by atoms with Gasteiger partial charge >= 0.3 is 7.82 Å². The maximum atomic E-state index is 12.8. The Hall–Kier alpha value is -3.33. The van der Waals surface area contributed by atoms with E-state index in [0.29, 0.717) is 11.1 Å². The van der Waals surface area contributed by atoms with E-state index in [1.165, 1.54) is 0 Å². The predicted octanol–water partition coefficient (Wildman–Crippen LogP) is 6.58. The topological polar surface area (TPSA) is 55.8 Å². The molecule has 0 aliphatic rings. The van der Waals surface area contributed by atoms with Gasteiger partial charge in [-0.15, -0.1) is 0 Å². The summed E-state index contributed by atoms with van der Waals surface area (Å²) in [5, 5.41) is 0. The Morgan fingerprint density at radius 1 is 0.517 bits per heavy atom. The molecular weight excluding hydrogens is 383 g/mol. The number of rotatable bonds is 6. The zero-order valence-corrected chi connectivity index (χ0v) is 16.4. The van der Waals surface area contributed by atoms with Crippen LogP contribution in [0.15, 0.2) is 109 Å². The number of phosphoric ester groups is 1. The van der Waals surface area contributed by atoms with Gasteiger partial charge in [0.1, 0.15) is 11.5 Å². The van der Waals surface area contributed by atoms with E-state index < -0.39 is 7.82 Å². The minimum Gasteiger partial charge on any atom is -0.395 e. The van der Waals surface area contributed by atoms with E-state index in [2.05, 4.69) is 0 Å². The Kier molecular flexibility index (Phi) is 5.48. The highest BCUT2D eigenvalue weighted by Crippen LogP contribution is 2.48. The number of phosphoric acid groups is 1. The molecule has 144 valence electrons. The van der Waals surface area contributed by atoms with Gasteiger partial charge in [-0.1, -0.05) is 97.1 Å². The van der Waals surface area contributed by atoms with Crippen molar-refractivity contribution in [2.75, 3.05) is 0 Å². The number of para-hydroxylation sites is 2. The quantitative estimate of drug-likeness (QED) is 0.370. The molecule has 0 unspecified atom stereocenters. The van der Waals surface area contributed by atoms with Crippen molar-refractivity contribution in [1.29, 1.82) is 0 Å². The van der Waals surface area contributed by atoms with Crippen molar-refractivity contribution in [2.24, 2.45) is 0 Å². The molecule has 0 saturated heterocycles. The van der Waals surface area contributed by atoms with Crippen molar-refractivity contribution in [3.05, 3.63) is 109 Å². The first-order valence-corrected chi connectivity index (χ1v) is 10.6. The molecule has 0 aliphatic carbocycles. The molecule has 0 amide bonds. The van der Waals surface area contributed by atoms with Gasteiger partial charge in [0.05, 0.1) is 0 Å². The molecule has 1 N–H and O–H groups in total. The lowest BCUT2D eigenvalue weighted by Gasteiger charge is -2.18. The van der Waals surface area contributed by atoms with Crippen molar-refractivity contribution in [3.8, 4) is 33.8 Å². The molecule has 0 fully saturated rings. The molecule has 0 aromatic heterocycles. The Bertz CT molecular complexity index is 1050. The van der Waals surface area contributed by atoms with E-state index in [-0.39, 0.29) is 11.5 Å². The molecule has 0 radical (unpaired) electrons. The van der Waals surface area contributed by atoms with Gasteiger partial charge < -0.3 is 9.05 Å². The fraction of sp³-hybridized carbons (Fsp3) is 0. The lowest BCUT2D eigenvalue weighted by Crippen LogP contribution is -2.01. The van der Waals surface area contributed by atoms with Crippen LogP contribution in [0.3, 0.4) is 0 Å². The largest absolute Gasteiger partial charge is 0.584 e. The van der Waals surface area contributed by atoms with Crippen LogP contribution in [0.1, 0.15) is 0 Å².